The first-order valence-electron chi connectivity index (χ1n) is 10.3. The summed E-state index contributed by atoms with van der Waals surface area (Å²) in [6, 6.07) is 11.5. The Bertz CT molecular complexity index is 1450. The number of hydrogen-bond acceptors (Lipinski definition) is 4. The number of para-hydroxylation sites is 1. The van der Waals surface area contributed by atoms with E-state index in [0.717, 1.165) is 33.1 Å². The summed E-state index contributed by atoms with van der Waals surface area (Å²) in [5.41, 5.74) is 2.47. The van der Waals surface area contributed by atoms with Crippen LogP contribution in [0.1, 0.15) is 23.6 Å². The molecule has 3 aromatic heterocycles. The maximum atomic E-state index is 12.9. The van der Waals surface area contributed by atoms with Crippen LogP contribution >= 0.6 is 0 Å². The van der Waals surface area contributed by atoms with Crippen LogP contribution in [0.4, 0.5) is 0 Å². The Hall–Kier alpha value is -3.68. The highest BCUT2D eigenvalue weighted by molar-refractivity contribution is 5.89. The van der Waals surface area contributed by atoms with Crippen molar-refractivity contribution in [3.63, 3.8) is 0 Å². The van der Waals surface area contributed by atoms with E-state index in [4.69, 9.17) is 0 Å². The summed E-state index contributed by atoms with van der Waals surface area (Å²) in [4.78, 5) is 47.3. The monoisotopic (exact) mass is 417 g/mol. The molecule has 1 aliphatic heterocycles. The topological polar surface area (TPSA) is 93.0 Å². The molecular formula is C23H23N5O3. The second-order valence-electron chi connectivity index (χ2n) is 8.17. The quantitative estimate of drug-likeness (QED) is 0.549. The first-order chi connectivity index (χ1) is 14.9. The molecule has 158 valence electrons. The smallest absolute Gasteiger partial charge is 0.332 e. The number of hydrogen-bond donors (Lipinski definition) is 1. The molecule has 4 aromatic rings. The fourth-order valence-electron chi connectivity index (χ4n) is 4.48. The van der Waals surface area contributed by atoms with E-state index in [1.165, 1.54) is 11.6 Å². The van der Waals surface area contributed by atoms with E-state index in [9.17, 15) is 14.4 Å². The van der Waals surface area contributed by atoms with Gasteiger partial charge < -0.3 is 9.88 Å². The molecule has 1 saturated heterocycles. The zero-order valence-electron chi connectivity index (χ0n) is 17.5. The van der Waals surface area contributed by atoms with Crippen molar-refractivity contribution in [3.05, 3.63) is 74.7 Å². The van der Waals surface area contributed by atoms with Crippen molar-refractivity contribution in [2.24, 2.45) is 14.1 Å². The third kappa shape index (κ3) is 3.15. The first kappa shape index (κ1) is 19.3. The van der Waals surface area contributed by atoms with Crippen molar-refractivity contribution in [2.45, 2.75) is 18.8 Å². The van der Waals surface area contributed by atoms with Crippen LogP contribution in [0.3, 0.4) is 0 Å². The molecule has 0 saturated carbocycles. The van der Waals surface area contributed by atoms with Gasteiger partial charge in [0.25, 0.3) is 5.56 Å². The van der Waals surface area contributed by atoms with Gasteiger partial charge in [-0.1, -0.05) is 18.2 Å². The van der Waals surface area contributed by atoms with Crippen LogP contribution in [0.25, 0.3) is 21.9 Å². The van der Waals surface area contributed by atoms with Crippen LogP contribution < -0.4 is 11.2 Å². The lowest BCUT2D eigenvalue weighted by Gasteiger charge is -2.17. The Labute approximate surface area is 177 Å². The molecular weight excluding hydrogens is 394 g/mol. The summed E-state index contributed by atoms with van der Waals surface area (Å²) in [6.45, 7) is 1.25. The van der Waals surface area contributed by atoms with Crippen molar-refractivity contribution in [3.8, 4) is 0 Å². The third-order valence-corrected chi connectivity index (χ3v) is 6.30. The number of amides is 1. The number of pyridine rings is 1. The summed E-state index contributed by atoms with van der Waals surface area (Å²) in [5, 5.41) is 1.49. The van der Waals surface area contributed by atoms with Crippen LogP contribution in [0.15, 0.2) is 52.2 Å². The van der Waals surface area contributed by atoms with E-state index in [1.54, 1.807) is 13.1 Å². The second kappa shape index (κ2) is 7.23. The van der Waals surface area contributed by atoms with E-state index >= 15 is 0 Å². The number of likely N-dealkylation sites (tertiary alicyclic amines) is 1. The molecule has 0 radical (unpaired) electrons. The van der Waals surface area contributed by atoms with E-state index in [2.05, 4.69) is 9.97 Å². The minimum absolute atomic E-state index is 0.0791. The molecule has 8 heteroatoms. The van der Waals surface area contributed by atoms with Gasteiger partial charge >= 0.3 is 5.69 Å². The van der Waals surface area contributed by atoms with E-state index in [1.807, 2.05) is 41.4 Å². The van der Waals surface area contributed by atoms with E-state index < -0.39 is 5.69 Å². The normalized spacial score (nSPS) is 16.5. The van der Waals surface area contributed by atoms with Gasteiger partial charge in [0.05, 0.1) is 11.8 Å². The number of fused-ring (bicyclic) bond motifs is 2. The first-order valence-corrected chi connectivity index (χ1v) is 10.3. The Morgan fingerprint density at radius 2 is 1.90 bits per heavy atom. The lowest BCUT2D eigenvalue weighted by atomic mass is 10.0. The molecule has 4 heterocycles. The number of rotatable bonds is 3. The van der Waals surface area contributed by atoms with Crippen molar-refractivity contribution in [1.82, 2.24) is 24.0 Å². The second-order valence-corrected chi connectivity index (χ2v) is 8.17. The van der Waals surface area contributed by atoms with Crippen LogP contribution in [-0.2, 0) is 25.3 Å². The molecule has 1 aromatic carbocycles. The van der Waals surface area contributed by atoms with Gasteiger partial charge in [-0.25, -0.2) is 9.78 Å². The number of benzene rings is 1. The van der Waals surface area contributed by atoms with Crippen LogP contribution in [0, 0.1) is 0 Å². The fraction of sp³-hybridized carbons (Fsp3) is 0.304. The fourth-order valence-corrected chi connectivity index (χ4v) is 4.48. The predicted molar refractivity (Wildman–Crippen MR) is 118 cm³/mol. The minimum atomic E-state index is -0.399. The summed E-state index contributed by atoms with van der Waals surface area (Å²) >= 11 is 0. The number of nitrogens with zero attached hydrogens (tertiary/aromatic N) is 4. The van der Waals surface area contributed by atoms with Crippen molar-refractivity contribution < 1.29 is 4.79 Å². The molecule has 1 N–H and O–H groups in total. The maximum absolute atomic E-state index is 12.9. The van der Waals surface area contributed by atoms with Gasteiger partial charge in [0.1, 0.15) is 5.65 Å². The van der Waals surface area contributed by atoms with Crippen molar-refractivity contribution in [2.75, 3.05) is 13.1 Å². The average Bonchev–Trinajstić information content (AvgIpc) is 3.44. The van der Waals surface area contributed by atoms with Crippen LogP contribution in [0.5, 0.6) is 0 Å². The zero-order valence-corrected chi connectivity index (χ0v) is 17.5. The van der Waals surface area contributed by atoms with Crippen LogP contribution in [-0.4, -0.2) is 43.0 Å². The van der Waals surface area contributed by atoms with Gasteiger partial charge in [-0.2, -0.15) is 0 Å². The lowest BCUT2D eigenvalue weighted by Crippen LogP contribution is -2.37. The van der Waals surface area contributed by atoms with Gasteiger partial charge in [-0.3, -0.25) is 18.7 Å². The molecule has 0 unspecified atom stereocenters. The summed E-state index contributed by atoms with van der Waals surface area (Å²) < 4.78 is 2.49. The van der Waals surface area contributed by atoms with Gasteiger partial charge in [-0.15, -0.1) is 0 Å². The molecule has 1 amide bonds. The number of carbonyl (C=O) groups is 1. The molecule has 0 bridgehead atoms. The summed E-state index contributed by atoms with van der Waals surface area (Å²) in [6.07, 6.45) is 3.06. The molecule has 1 aliphatic rings. The Balaban J connectivity index is 1.38. The van der Waals surface area contributed by atoms with E-state index in [-0.39, 0.29) is 17.4 Å². The van der Waals surface area contributed by atoms with Gasteiger partial charge in [-0.05, 0) is 30.2 Å². The largest absolute Gasteiger partial charge is 0.361 e. The molecule has 1 atom stereocenters. The summed E-state index contributed by atoms with van der Waals surface area (Å²) in [5.74, 6) is 0.171. The molecule has 8 nitrogen and oxygen atoms in total. The summed E-state index contributed by atoms with van der Waals surface area (Å²) in [7, 11) is 3.08. The third-order valence-electron chi connectivity index (χ3n) is 6.30. The van der Waals surface area contributed by atoms with Crippen LogP contribution in [0.2, 0.25) is 0 Å². The average molecular weight is 417 g/mol. The SMILES string of the molecule is Cn1c(=O)c2ccc([C@H]3CCN(C(=O)Cc4c[nH]c5ccccc45)C3)nc2n(C)c1=O. The Kier molecular flexibility index (Phi) is 4.50. The minimum Gasteiger partial charge on any atom is -0.361 e. The highest BCUT2D eigenvalue weighted by atomic mass is 16.2. The number of aromatic amines is 1. The molecule has 0 aliphatic carbocycles. The number of aryl methyl sites for hydroxylation is 1. The standard InChI is InChI=1S/C23H23N5O3/c1-26-21-17(22(30)27(2)23(26)31)7-8-18(25-21)14-9-10-28(13-14)20(29)11-15-12-24-19-6-4-3-5-16(15)19/h3-8,12,14,24H,9-11,13H2,1-2H3/t14-/m0/s1. The molecule has 0 spiro atoms. The Morgan fingerprint density at radius 1 is 1.10 bits per heavy atom. The Morgan fingerprint density at radius 3 is 2.74 bits per heavy atom. The highest BCUT2D eigenvalue weighted by Crippen LogP contribution is 2.28. The van der Waals surface area contributed by atoms with Gasteiger partial charge in [0.15, 0.2) is 0 Å². The lowest BCUT2D eigenvalue weighted by molar-refractivity contribution is -0.129. The van der Waals surface area contributed by atoms with Gasteiger partial charge in [0, 0.05) is 55.9 Å². The number of H-pyrrole nitrogens is 1. The maximum Gasteiger partial charge on any atom is 0.332 e. The van der Waals surface area contributed by atoms with Crippen molar-refractivity contribution in [1.29, 1.82) is 0 Å². The molecule has 31 heavy (non-hydrogen) atoms. The number of nitrogens with one attached hydrogen (secondary N) is 1. The molecule has 1 fully saturated rings. The zero-order chi connectivity index (χ0) is 21.7. The molecule has 5 rings (SSSR count). The number of carbonyl (C=O) groups excluding carboxylic acids is 1. The highest BCUT2D eigenvalue weighted by Gasteiger charge is 2.29. The predicted octanol–water partition coefficient (Wildman–Crippen LogP) is 1.67. The van der Waals surface area contributed by atoms with Gasteiger partial charge in [0.2, 0.25) is 5.91 Å². The van der Waals surface area contributed by atoms with Crippen molar-refractivity contribution >= 4 is 27.8 Å². The number of aromatic nitrogens is 4. The van der Waals surface area contributed by atoms with E-state index in [0.29, 0.717) is 30.5 Å².